The van der Waals surface area contributed by atoms with Gasteiger partial charge in [-0.25, -0.2) is 0 Å². The van der Waals surface area contributed by atoms with Gasteiger partial charge < -0.3 is 15.2 Å². The van der Waals surface area contributed by atoms with Gasteiger partial charge >= 0.3 is 0 Å². The number of hydrogen-bond donors (Lipinski definition) is 1. The molecule has 3 rings (SSSR count). The Labute approximate surface area is 149 Å². The van der Waals surface area contributed by atoms with Crippen molar-refractivity contribution in [3.63, 3.8) is 0 Å². The van der Waals surface area contributed by atoms with Crippen molar-refractivity contribution in [1.82, 2.24) is 0 Å². The molecule has 0 atom stereocenters. The van der Waals surface area contributed by atoms with E-state index in [1.165, 1.54) is 0 Å². The van der Waals surface area contributed by atoms with E-state index in [0.29, 0.717) is 12.3 Å². The Balaban J connectivity index is 1.76. The van der Waals surface area contributed by atoms with E-state index in [0.717, 1.165) is 28.2 Å². The van der Waals surface area contributed by atoms with Crippen LogP contribution in [0.5, 0.6) is 11.5 Å². The van der Waals surface area contributed by atoms with Crippen LogP contribution in [0.1, 0.15) is 19.4 Å². The van der Waals surface area contributed by atoms with Crippen LogP contribution in [-0.2, 0) is 6.61 Å². The maximum atomic E-state index is 6.12. The molecule has 0 bridgehead atoms. The third kappa shape index (κ3) is 4.54. The van der Waals surface area contributed by atoms with Gasteiger partial charge in [-0.1, -0.05) is 48.5 Å². The number of benzene rings is 3. The molecule has 128 valence electrons. The third-order valence-corrected chi connectivity index (χ3v) is 3.79. The van der Waals surface area contributed by atoms with Gasteiger partial charge in [0.05, 0.1) is 11.8 Å². The molecular formula is C22H23NO2. The molecule has 3 heteroatoms. The molecule has 0 aromatic heterocycles. The molecule has 0 fully saturated rings. The van der Waals surface area contributed by atoms with Crippen LogP contribution in [0.3, 0.4) is 0 Å². The highest BCUT2D eigenvalue weighted by molar-refractivity contribution is 5.71. The van der Waals surface area contributed by atoms with E-state index in [-0.39, 0.29) is 6.10 Å². The molecule has 3 aromatic rings. The largest absolute Gasteiger partial charge is 0.489 e. The Bertz CT molecular complexity index is 828. The number of rotatable bonds is 6. The standard InChI is InChI=1S/C22H23NO2/c1-16(2)25-22-12-11-19(14-21(22)23)18-9-6-10-20(13-18)24-15-17-7-4-3-5-8-17/h3-14,16H,15,23H2,1-2H3. The van der Waals surface area contributed by atoms with Gasteiger partial charge in [0, 0.05) is 0 Å². The first-order chi connectivity index (χ1) is 12.1. The summed E-state index contributed by atoms with van der Waals surface area (Å²) < 4.78 is 11.6. The molecule has 0 saturated heterocycles. The first kappa shape index (κ1) is 16.9. The summed E-state index contributed by atoms with van der Waals surface area (Å²) in [7, 11) is 0. The highest BCUT2D eigenvalue weighted by atomic mass is 16.5. The van der Waals surface area contributed by atoms with E-state index in [9.17, 15) is 0 Å². The van der Waals surface area contributed by atoms with Crippen molar-refractivity contribution < 1.29 is 9.47 Å². The lowest BCUT2D eigenvalue weighted by Crippen LogP contribution is -2.07. The number of anilines is 1. The van der Waals surface area contributed by atoms with Crippen LogP contribution in [0.15, 0.2) is 72.8 Å². The molecule has 0 aliphatic rings. The molecule has 0 heterocycles. The van der Waals surface area contributed by atoms with Crippen LogP contribution >= 0.6 is 0 Å². The van der Waals surface area contributed by atoms with Gasteiger partial charge in [0.15, 0.2) is 0 Å². The van der Waals surface area contributed by atoms with E-state index in [1.54, 1.807) is 0 Å². The van der Waals surface area contributed by atoms with Gasteiger partial charge in [0.1, 0.15) is 18.1 Å². The molecule has 25 heavy (non-hydrogen) atoms. The van der Waals surface area contributed by atoms with Gasteiger partial charge in [-0.2, -0.15) is 0 Å². The van der Waals surface area contributed by atoms with Gasteiger partial charge in [0.2, 0.25) is 0 Å². The van der Waals surface area contributed by atoms with Crippen molar-refractivity contribution in [3.05, 3.63) is 78.4 Å². The van der Waals surface area contributed by atoms with E-state index in [1.807, 2.05) is 74.5 Å². The van der Waals surface area contributed by atoms with Gasteiger partial charge in [-0.05, 0) is 54.8 Å². The second-order valence-electron chi connectivity index (χ2n) is 6.22. The summed E-state index contributed by atoms with van der Waals surface area (Å²) in [6.45, 7) is 4.52. The van der Waals surface area contributed by atoms with Crippen molar-refractivity contribution in [3.8, 4) is 22.6 Å². The first-order valence-electron chi connectivity index (χ1n) is 8.45. The molecule has 2 N–H and O–H groups in total. The molecule has 3 aromatic carbocycles. The van der Waals surface area contributed by atoms with Crippen molar-refractivity contribution >= 4 is 5.69 Å². The fraction of sp³-hybridized carbons (Fsp3) is 0.182. The summed E-state index contributed by atoms with van der Waals surface area (Å²) in [4.78, 5) is 0. The van der Waals surface area contributed by atoms with E-state index >= 15 is 0 Å². The monoisotopic (exact) mass is 333 g/mol. The average molecular weight is 333 g/mol. The van der Waals surface area contributed by atoms with Crippen LogP contribution in [0.2, 0.25) is 0 Å². The Morgan fingerprint density at radius 3 is 2.32 bits per heavy atom. The first-order valence-corrected chi connectivity index (χ1v) is 8.45. The summed E-state index contributed by atoms with van der Waals surface area (Å²) in [5.41, 5.74) is 10.0. The zero-order valence-corrected chi connectivity index (χ0v) is 14.6. The number of hydrogen-bond acceptors (Lipinski definition) is 3. The summed E-state index contributed by atoms with van der Waals surface area (Å²) in [6, 6.07) is 24.0. The minimum Gasteiger partial charge on any atom is -0.489 e. The Kier molecular flexibility index (Phi) is 5.24. The maximum Gasteiger partial charge on any atom is 0.142 e. The van der Waals surface area contributed by atoms with E-state index in [4.69, 9.17) is 15.2 Å². The second-order valence-corrected chi connectivity index (χ2v) is 6.22. The third-order valence-electron chi connectivity index (χ3n) is 3.79. The number of nitrogens with two attached hydrogens (primary N) is 1. The SMILES string of the molecule is CC(C)Oc1ccc(-c2cccc(OCc3ccccc3)c2)cc1N. The zero-order valence-electron chi connectivity index (χ0n) is 14.6. The van der Waals surface area contributed by atoms with Gasteiger partial charge in [0.25, 0.3) is 0 Å². The Morgan fingerprint density at radius 2 is 1.60 bits per heavy atom. The molecule has 0 spiro atoms. The lowest BCUT2D eigenvalue weighted by molar-refractivity contribution is 0.244. The lowest BCUT2D eigenvalue weighted by atomic mass is 10.0. The quantitative estimate of drug-likeness (QED) is 0.622. The summed E-state index contributed by atoms with van der Waals surface area (Å²) in [5, 5.41) is 0. The Hall–Kier alpha value is -2.94. The summed E-state index contributed by atoms with van der Waals surface area (Å²) in [6.07, 6.45) is 0.0999. The fourth-order valence-electron chi connectivity index (χ4n) is 2.60. The van der Waals surface area contributed by atoms with Crippen molar-refractivity contribution in [1.29, 1.82) is 0 Å². The highest BCUT2D eigenvalue weighted by Gasteiger charge is 2.06. The zero-order chi connectivity index (χ0) is 17.6. The minimum atomic E-state index is 0.0999. The fourth-order valence-corrected chi connectivity index (χ4v) is 2.60. The normalized spacial score (nSPS) is 10.7. The number of nitrogen functional groups attached to an aromatic ring is 1. The second kappa shape index (κ2) is 7.75. The summed E-state index contributed by atoms with van der Waals surface area (Å²) in [5.74, 6) is 1.55. The maximum absolute atomic E-state index is 6.12. The van der Waals surface area contributed by atoms with Crippen LogP contribution in [0.4, 0.5) is 5.69 Å². The predicted molar refractivity (Wildman–Crippen MR) is 103 cm³/mol. The number of ether oxygens (including phenoxy) is 2. The molecule has 0 saturated carbocycles. The van der Waals surface area contributed by atoms with Crippen LogP contribution in [0, 0.1) is 0 Å². The molecule has 0 aliphatic heterocycles. The Morgan fingerprint density at radius 1 is 0.840 bits per heavy atom. The molecule has 0 unspecified atom stereocenters. The van der Waals surface area contributed by atoms with Crippen molar-refractivity contribution in [2.24, 2.45) is 0 Å². The van der Waals surface area contributed by atoms with Crippen LogP contribution in [-0.4, -0.2) is 6.10 Å². The minimum absolute atomic E-state index is 0.0999. The van der Waals surface area contributed by atoms with Crippen molar-refractivity contribution in [2.45, 2.75) is 26.6 Å². The smallest absolute Gasteiger partial charge is 0.142 e. The van der Waals surface area contributed by atoms with Crippen LogP contribution in [0.25, 0.3) is 11.1 Å². The topological polar surface area (TPSA) is 44.5 Å². The van der Waals surface area contributed by atoms with E-state index < -0.39 is 0 Å². The van der Waals surface area contributed by atoms with Crippen LogP contribution < -0.4 is 15.2 Å². The molecule has 0 amide bonds. The average Bonchev–Trinajstić information content (AvgIpc) is 2.62. The van der Waals surface area contributed by atoms with E-state index in [2.05, 4.69) is 12.1 Å². The molecule has 3 nitrogen and oxygen atoms in total. The highest BCUT2D eigenvalue weighted by Crippen LogP contribution is 2.31. The molecule has 0 radical (unpaired) electrons. The van der Waals surface area contributed by atoms with Gasteiger partial charge in [-0.3, -0.25) is 0 Å². The molecule has 0 aliphatic carbocycles. The lowest BCUT2D eigenvalue weighted by Gasteiger charge is -2.13. The van der Waals surface area contributed by atoms with Crippen molar-refractivity contribution in [2.75, 3.05) is 5.73 Å². The molecular weight excluding hydrogens is 310 g/mol. The predicted octanol–water partition coefficient (Wildman–Crippen LogP) is 5.30. The van der Waals surface area contributed by atoms with Gasteiger partial charge in [-0.15, -0.1) is 0 Å². The summed E-state index contributed by atoms with van der Waals surface area (Å²) >= 11 is 0.